The third kappa shape index (κ3) is 3.86. The van der Waals surface area contributed by atoms with Crippen molar-refractivity contribution >= 4 is 5.91 Å². The van der Waals surface area contributed by atoms with Crippen molar-refractivity contribution in [2.75, 3.05) is 6.54 Å². The molecule has 3 heteroatoms. The minimum absolute atomic E-state index is 0.0724. The molecule has 0 aromatic heterocycles. The molecule has 0 aliphatic heterocycles. The molecule has 2 unspecified atom stereocenters. The summed E-state index contributed by atoms with van der Waals surface area (Å²) in [4.78, 5) is 12.1. The molecule has 0 fully saturated rings. The van der Waals surface area contributed by atoms with E-state index in [1.54, 1.807) is 0 Å². The van der Waals surface area contributed by atoms with Crippen LogP contribution in [-0.4, -0.2) is 18.5 Å². The average Bonchev–Trinajstić information content (AvgIpc) is 2.38. The minimum Gasteiger partial charge on any atom is -0.352 e. The van der Waals surface area contributed by atoms with Crippen LogP contribution in [0.1, 0.15) is 38.2 Å². The van der Waals surface area contributed by atoms with E-state index in [1.807, 2.05) is 44.2 Å². The molecule has 1 rings (SSSR count). The Hall–Kier alpha value is -1.35. The molecule has 1 aromatic rings. The topological polar surface area (TPSA) is 55.1 Å². The second-order valence-electron chi connectivity index (χ2n) is 4.22. The highest BCUT2D eigenvalue weighted by Crippen LogP contribution is 2.19. The number of hydrogen-bond donors (Lipinski definition) is 2. The first kappa shape index (κ1) is 13.7. The molecule has 0 bridgehead atoms. The molecular weight excluding hydrogens is 212 g/mol. The van der Waals surface area contributed by atoms with Crippen molar-refractivity contribution in [3.8, 4) is 0 Å². The lowest BCUT2D eigenvalue weighted by Gasteiger charge is -2.20. The van der Waals surface area contributed by atoms with Crippen molar-refractivity contribution in [1.29, 1.82) is 0 Å². The Kier molecular flexibility index (Phi) is 5.70. The van der Waals surface area contributed by atoms with Gasteiger partial charge in [0.25, 0.3) is 0 Å². The molecule has 0 heterocycles. The van der Waals surface area contributed by atoms with Crippen LogP contribution < -0.4 is 11.1 Å². The molecule has 3 nitrogen and oxygen atoms in total. The third-order valence-electron chi connectivity index (χ3n) is 3.05. The van der Waals surface area contributed by atoms with Crippen LogP contribution >= 0.6 is 0 Å². The summed E-state index contributed by atoms with van der Waals surface area (Å²) < 4.78 is 0. The molecule has 1 aromatic carbocycles. The van der Waals surface area contributed by atoms with E-state index in [1.165, 1.54) is 0 Å². The van der Waals surface area contributed by atoms with E-state index < -0.39 is 0 Å². The monoisotopic (exact) mass is 234 g/mol. The van der Waals surface area contributed by atoms with Crippen LogP contribution in [0.3, 0.4) is 0 Å². The maximum absolute atomic E-state index is 12.1. The summed E-state index contributed by atoms with van der Waals surface area (Å²) in [5.41, 5.74) is 6.67. The second kappa shape index (κ2) is 7.07. The van der Waals surface area contributed by atoms with Crippen LogP contribution in [0.15, 0.2) is 30.3 Å². The Morgan fingerprint density at radius 3 is 2.35 bits per heavy atom. The number of carbonyl (C=O) groups excluding carboxylic acids is 1. The largest absolute Gasteiger partial charge is 0.352 e. The normalized spacial score (nSPS) is 14.1. The van der Waals surface area contributed by atoms with Gasteiger partial charge in [-0.2, -0.15) is 0 Å². The van der Waals surface area contributed by atoms with Crippen LogP contribution in [0.5, 0.6) is 0 Å². The Morgan fingerprint density at radius 1 is 1.24 bits per heavy atom. The van der Waals surface area contributed by atoms with E-state index in [9.17, 15) is 4.79 Å². The van der Waals surface area contributed by atoms with Gasteiger partial charge in [0.05, 0.1) is 5.92 Å². The highest BCUT2D eigenvalue weighted by atomic mass is 16.1. The van der Waals surface area contributed by atoms with E-state index in [-0.39, 0.29) is 17.9 Å². The van der Waals surface area contributed by atoms with Crippen molar-refractivity contribution in [2.45, 2.75) is 38.6 Å². The lowest BCUT2D eigenvalue weighted by Crippen LogP contribution is -2.42. The van der Waals surface area contributed by atoms with E-state index in [2.05, 4.69) is 5.32 Å². The summed E-state index contributed by atoms with van der Waals surface area (Å²) in [5, 5.41) is 3.00. The first-order valence-electron chi connectivity index (χ1n) is 6.28. The average molecular weight is 234 g/mol. The van der Waals surface area contributed by atoms with Gasteiger partial charge < -0.3 is 11.1 Å². The second-order valence-corrected chi connectivity index (χ2v) is 4.22. The number of nitrogens with one attached hydrogen (secondary N) is 1. The van der Waals surface area contributed by atoms with Gasteiger partial charge in [0.15, 0.2) is 0 Å². The van der Waals surface area contributed by atoms with Crippen LogP contribution in [-0.2, 0) is 4.79 Å². The van der Waals surface area contributed by atoms with Gasteiger partial charge in [-0.3, -0.25) is 4.79 Å². The summed E-state index contributed by atoms with van der Waals surface area (Å²) in [6.07, 6.45) is 1.67. The summed E-state index contributed by atoms with van der Waals surface area (Å²) in [6.45, 7) is 4.55. The fourth-order valence-electron chi connectivity index (χ4n) is 1.89. The Morgan fingerprint density at radius 2 is 1.88 bits per heavy atom. The van der Waals surface area contributed by atoms with E-state index in [4.69, 9.17) is 5.73 Å². The van der Waals surface area contributed by atoms with Gasteiger partial charge in [-0.05, 0) is 18.4 Å². The molecule has 0 aliphatic rings. The zero-order valence-corrected chi connectivity index (χ0v) is 10.6. The zero-order chi connectivity index (χ0) is 12.7. The summed E-state index contributed by atoms with van der Waals surface area (Å²) in [7, 11) is 0. The predicted molar refractivity (Wildman–Crippen MR) is 70.8 cm³/mol. The van der Waals surface area contributed by atoms with Crippen molar-refractivity contribution in [3.05, 3.63) is 35.9 Å². The van der Waals surface area contributed by atoms with Crippen molar-refractivity contribution in [1.82, 2.24) is 5.32 Å². The highest BCUT2D eigenvalue weighted by molar-refractivity contribution is 5.83. The molecule has 0 saturated heterocycles. The molecule has 17 heavy (non-hydrogen) atoms. The first-order chi connectivity index (χ1) is 8.22. The molecule has 3 N–H and O–H groups in total. The SMILES string of the molecule is CCC(CN)NC(=O)C(CC)c1ccccc1. The number of amides is 1. The molecule has 2 atom stereocenters. The molecule has 0 saturated carbocycles. The lowest BCUT2D eigenvalue weighted by atomic mass is 9.95. The molecular formula is C14H22N2O. The maximum atomic E-state index is 12.1. The quantitative estimate of drug-likeness (QED) is 0.791. The zero-order valence-electron chi connectivity index (χ0n) is 10.6. The smallest absolute Gasteiger partial charge is 0.227 e. The van der Waals surface area contributed by atoms with Crippen molar-refractivity contribution in [2.24, 2.45) is 5.73 Å². The fraction of sp³-hybridized carbons (Fsp3) is 0.500. The van der Waals surface area contributed by atoms with Gasteiger partial charge in [0, 0.05) is 12.6 Å². The van der Waals surface area contributed by atoms with Crippen LogP contribution in [0.4, 0.5) is 0 Å². The van der Waals surface area contributed by atoms with E-state index in [0.29, 0.717) is 6.54 Å². The Labute approximate surface area is 103 Å². The third-order valence-corrected chi connectivity index (χ3v) is 3.05. The molecule has 0 spiro atoms. The van der Waals surface area contributed by atoms with Gasteiger partial charge in [0.1, 0.15) is 0 Å². The van der Waals surface area contributed by atoms with Crippen molar-refractivity contribution < 1.29 is 4.79 Å². The highest BCUT2D eigenvalue weighted by Gasteiger charge is 2.20. The summed E-state index contributed by atoms with van der Waals surface area (Å²) in [5.74, 6) is 0.00722. The van der Waals surface area contributed by atoms with E-state index >= 15 is 0 Å². The minimum atomic E-state index is -0.0724. The predicted octanol–water partition coefficient (Wildman–Crippen LogP) is 2.03. The summed E-state index contributed by atoms with van der Waals surface area (Å²) in [6, 6.07) is 9.97. The number of benzene rings is 1. The lowest BCUT2D eigenvalue weighted by molar-refractivity contribution is -0.123. The number of carbonyl (C=O) groups is 1. The van der Waals surface area contributed by atoms with Gasteiger partial charge in [0.2, 0.25) is 5.91 Å². The van der Waals surface area contributed by atoms with Crippen molar-refractivity contribution in [3.63, 3.8) is 0 Å². The first-order valence-corrected chi connectivity index (χ1v) is 6.28. The Balaban J connectivity index is 2.71. The Bertz CT molecular complexity index is 333. The van der Waals surface area contributed by atoms with Gasteiger partial charge >= 0.3 is 0 Å². The van der Waals surface area contributed by atoms with Gasteiger partial charge in [-0.1, -0.05) is 44.2 Å². The maximum Gasteiger partial charge on any atom is 0.227 e. The van der Waals surface area contributed by atoms with Crippen LogP contribution in [0.2, 0.25) is 0 Å². The fourth-order valence-corrected chi connectivity index (χ4v) is 1.89. The molecule has 0 aliphatic carbocycles. The van der Waals surface area contributed by atoms with Gasteiger partial charge in [-0.25, -0.2) is 0 Å². The number of nitrogens with two attached hydrogens (primary N) is 1. The van der Waals surface area contributed by atoms with Crippen LogP contribution in [0, 0.1) is 0 Å². The molecule has 94 valence electrons. The molecule has 1 amide bonds. The van der Waals surface area contributed by atoms with E-state index in [0.717, 1.165) is 18.4 Å². The molecule has 0 radical (unpaired) electrons. The standard InChI is InChI=1S/C14H22N2O/c1-3-12(10-15)16-14(17)13(4-2)11-8-6-5-7-9-11/h5-9,12-13H,3-4,10,15H2,1-2H3,(H,16,17). The van der Waals surface area contributed by atoms with Crippen LogP contribution in [0.25, 0.3) is 0 Å². The van der Waals surface area contributed by atoms with Gasteiger partial charge in [-0.15, -0.1) is 0 Å². The number of rotatable bonds is 6. The summed E-state index contributed by atoms with van der Waals surface area (Å²) >= 11 is 0. The number of hydrogen-bond acceptors (Lipinski definition) is 2.